The van der Waals surface area contributed by atoms with Crippen LogP contribution in [0.4, 0.5) is 5.69 Å². The average Bonchev–Trinajstić information content (AvgIpc) is 2.68. The zero-order valence-electron chi connectivity index (χ0n) is 13.9. The molecule has 4 heteroatoms. The van der Waals surface area contributed by atoms with Crippen molar-refractivity contribution in [3.05, 3.63) is 72.3 Å². The summed E-state index contributed by atoms with van der Waals surface area (Å²) in [6.45, 7) is 3.03. The molecule has 0 spiro atoms. The normalized spacial score (nSPS) is 14.7. The molecule has 25 heavy (non-hydrogen) atoms. The van der Waals surface area contributed by atoms with E-state index in [1.54, 1.807) is 24.3 Å². The average molecular weight is 332 g/mol. The molecule has 0 aliphatic carbocycles. The highest BCUT2D eigenvalue weighted by Crippen LogP contribution is 2.27. The number of aromatic hydroxyl groups is 1. The van der Waals surface area contributed by atoms with Crippen LogP contribution >= 0.6 is 0 Å². The molecule has 3 aromatic rings. The Morgan fingerprint density at radius 1 is 0.800 bits per heavy atom. The van der Waals surface area contributed by atoms with Gasteiger partial charge in [0.15, 0.2) is 0 Å². The number of amides is 1. The van der Waals surface area contributed by atoms with Crippen molar-refractivity contribution in [1.82, 2.24) is 4.90 Å². The number of rotatable bonds is 2. The Kier molecular flexibility index (Phi) is 4.02. The standard InChI is InChI=1S/C21H20N2O2/c24-18-10-8-17(9-11-18)21(25)23-14-12-22(13-15-23)20-7-3-5-16-4-1-2-6-19(16)20/h1-11,24H,12-15H2. The smallest absolute Gasteiger partial charge is 0.253 e. The predicted octanol–water partition coefficient (Wildman–Crippen LogP) is 3.51. The van der Waals surface area contributed by atoms with Crippen molar-refractivity contribution in [1.29, 1.82) is 0 Å². The number of piperazine rings is 1. The van der Waals surface area contributed by atoms with Gasteiger partial charge in [-0.25, -0.2) is 0 Å². The zero-order valence-corrected chi connectivity index (χ0v) is 13.9. The second-order valence-electron chi connectivity index (χ2n) is 6.32. The maximum Gasteiger partial charge on any atom is 0.253 e. The van der Waals surface area contributed by atoms with Crippen LogP contribution < -0.4 is 4.90 Å². The summed E-state index contributed by atoms with van der Waals surface area (Å²) < 4.78 is 0. The molecule has 126 valence electrons. The molecule has 1 aliphatic heterocycles. The number of phenols is 1. The van der Waals surface area contributed by atoms with Gasteiger partial charge in [-0.2, -0.15) is 0 Å². The lowest BCUT2D eigenvalue weighted by Crippen LogP contribution is -2.48. The highest BCUT2D eigenvalue weighted by Gasteiger charge is 2.23. The molecular formula is C21H20N2O2. The molecule has 0 aromatic heterocycles. The monoisotopic (exact) mass is 332 g/mol. The van der Waals surface area contributed by atoms with Crippen LogP contribution in [0, 0.1) is 0 Å². The lowest BCUT2D eigenvalue weighted by Gasteiger charge is -2.36. The number of fused-ring (bicyclic) bond motifs is 1. The third-order valence-electron chi connectivity index (χ3n) is 4.79. The van der Waals surface area contributed by atoms with E-state index in [0.29, 0.717) is 18.7 Å². The molecular weight excluding hydrogens is 312 g/mol. The molecule has 0 saturated carbocycles. The van der Waals surface area contributed by atoms with Gasteiger partial charge < -0.3 is 14.9 Å². The Bertz CT molecular complexity index is 892. The molecule has 1 amide bonds. The summed E-state index contributed by atoms with van der Waals surface area (Å²) in [5.74, 6) is 0.204. The van der Waals surface area contributed by atoms with Crippen molar-refractivity contribution in [3.8, 4) is 5.75 Å². The van der Waals surface area contributed by atoms with Gasteiger partial charge in [-0.1, -0.05) is 36.4 Å². The van der Waals surface area contributed by atoms with Gasteiger partial charge in [0.1, 0.15) is 5.75 Å². The van der Waals surface area contributed by atoms with E-state index in [0.717, 1.165) is 13.1 Å². The maximum atomic E-state index is 12.6. The predicted molar refractivity (Wildman–Crippen MR) is 100 cm³/mol. The maximum absolute atomic E-state index is 12.6. The summed E-state index contributed by atoms with van der Waals surface area (Å²) in [5.41, 5.74) is 1.85. The van der Waals surface area contributed by atoms with E-state index in [1.807, 2.05) is 4.90 Å². The van der Waals surface area contributed by atoms with Crippen LogP contribution in [0.1, 0.15) is 10.4 Å². The Labute approximate surface area is 146 Å². The molecule has 1 heterocycles. The number of carbonyl (C=O) groups excluding carboxylic acids is 1. The van der Waals surface area contributed by atoms with E-state index in [9.17, 15) is 9.90 Å². The fourth-order valence-corrected chi connectivity index (χ4v) is 3.42. The Hall–Kier alpha value is -3.01. The number of hydrogen-bond donors (Lipinski definition) is 1. The van der Waals surface area contributed by atoms with E-state index >= 15 is 0 Å². The Morgan fingerprint density at radius 2 is 1.48 bits per heavy atom. The second-order valence-corrected chi connectivity index (χ2v) is 6.32. The number of hydrogen-bond acceptors (Lipinski definition) is 3. The van der Waals surface area contributed by atoms with Gasteiger partial charge in [-0.15, -0.1) is 0 Å². The molecule has 1 fully saturated rings. The summed E-state index contributed by atoms with van der Waals surface area (Å²) >= 11 is 0. The third kappa shape index (κ3) is 3.03. The number of nitrogens with zero attached hydrogens (tertiary/aromatic N) is 2. The number of phenolic OH excluding ortho intramolecular Hbond substituents is 1. The van der Waals surface area contributed by atoms with Crippen LogP contribution in [-0.2, 0) is 0 Å². The molecule has 1 aliphatic rings. The number of carbonyl (C=O) groups is 1. The van der Waals surface area contributed by atoms with Crippen LogP contribution in [-0.4, -0.2) is 42.1 Å². The van der Waals surface area contributed by atoms with Gasteiger partial charge in [0, 0.05) is 42.8 Å². The molecule has 0 bridgehead atoms. The molecule has 4 nitrogen and oxygen atoms in total. The topological polar surface area (TPSA) is 43.8 Å². The largest absolute Gasteiger partial charge is 0.508 e. The second kappa shape index (κ2) is 6.48. The first kappa shape index (κ1) is 15.5. The first-order chi connectivity index (χ1) is 12.2. The van der Waals surface area contributed by atoms with Crippen molar-refractivity contribution < 1.29 is 9.90 Å². The van der Waals surface area contributed by atoms with Crippen molar-refractivity contribution in [2.75, 3.05) is 31.1 Å². The Balaban J connectivity index is 1.49. The van der Waals surface area contributed by atoms with Gasteiger partial charge in [-0.3, -0.25) is 4.79 Å². The first-order valence-electron chi connectivity index (χ1n) is 8.53. The summed E-state index contributed by atoms with van der Waals surface area (Å²) in [4.78, 5) is 16.8. The number of benzene rings is 3. The number of anilines is 1. The quantitative estimate of drug-likeness (QED) is 0.781. The van der Waals surface area contributed by atoms with Crippen LogP contribution in [0.15, 0.2) is 66.7 Å². The minimum absolute atomic E-state index is 0.0255. The fourth-order valence-electron chi connectivity index (χ4n) is 3.42. The van der Waals surface area contributed by atoms with E-state index in [2.05, 4.69) is 47.4 Å². The van der Waals surface area contributed by atoms with Crippen LogP contribution in [0.5, 0.6) is 5.75 Å². The van der Waals surface area contributed by atoms with E-state index < -0.39 is 0 Å². The van der Waals surface area contributed by atoms with Crippen molar-refractivity contribution in [3.63, 3.8) is 0 Å². The summed E-state index contributed by atoms with van der Waals surface area (Å²) in [6, 6.07) is 21.2. The van der Waals surface area contributed by atoms with Crippen molar-refractivity contribution >= 4 is 22.4 Å². The van der Waals surface area contributed by atoms with Gasteiger partial charge >= 0.3 is 0 Å². The fraction of sp³-hybridized carbons (Fsp3) is 0.190. The third-order valence-corrected chi connectivity index (χ3v) is 4.79. The van der Waals surface area contributed by atoms with Crippen LogP contribution in [0.25, 0.3) is 10.8 Å². The SMILES string of the molecule is O=C(c1ccc(O)cc1)N1CCN(c2cccc3ccccc23)CC1. The van der Waals surface area contributed by atoms with E-state index in [-0.39, 0.29) is 11.7 Å². The molecule has 0 atom stereocenters. The zero-order chi connectivity index (χ0) is 17.2. The van der Waals surface area contributed by atoms with Crippen molar-refractivity contribution in [2.24, 2.45) is 0 Å². The van der Waals surface area contributed by atoms with Gasteiger partial charge in [0.05, 0.1) is 0 Å². The van der Waals surface area contributed by atoms with Crippen LogP contribution in [0.2, 0.25) is 0 Å². The van der Waals surface area contributed by atoms with Gasteiger partial charge in [-0.05, 0) is 35.7 Å². The summed E-state index contributed by atoms with van der Waals surface area (Å²) in [7, 11) is 0. The van der Waals surface area contributed by atoms with E-state index in [4.69, 9.17) is 0 Å². The summed E-state index contributed by atoms with van der Waals surface area (Å²) in [5, 5.41) is 11.9. The van der Waals surface area contributed by atoms with Crippen LogP contribution in [0.3, 0.4) is 0 Å². The minimum atomic E-state index is 0.0255. The highest BCUT2D eigenvalue weighted by atomic mass is 16.3. The lowest BCUT2D eigenvalue weighted by molar-refractivity contribution is 0.0747. The molecule has 0 radical (unpaired) electrons. The lowest BCUT2D eigenvalue weighted by atomic mass is 10.1. The molecule has 1 saturated heterocycles. The molecule has 4 rings (SSSR count). The van der Waals surface area contributed by atoms with Gasteiger partial charge in [0.2, 0.25) is 0 Å². The molecule has 3 aromatic carbocycles. The first-order valence-corrected chi connectivity index (χ1v) is 8.53. The summed E-state index contributed by atoms with van der Waals surface area (Å²) in [6.07, 6.45) is 0. The van der Waals surface area contributed by atoms with Crippen molar-refractivity contribution in [2.45, 2.75) is 0 Å². The highest BCUT2D eigenvalue weighted by molar-refractivity contribution is 5.96. The molecule has 1 N–H and O–H groups in total. The van der Waals surface area contributed by atoms with Gasteiger partial charge in [0.25, 0.3) is 5.91 Å². The minimum Gasteiger partial charge on any atom is -0.508 e. The Morgan fingerprint density at radius 3 is 2.24 bits per heavy atom. The van der Waals surface area contributed by atoms with E-state index in [1.165, 1.54) is 16.5 Å². The molecule has 0 unspecified atom stereocenters.